The average Bonchev–Trinajstić information content (AvgIpc) is 2.93. The lowest BCUT2D eigenvalue weighted by Gasteiger charge is -2.18. The van der Waals surface area contributed by atoms with E-state index in [1.807, 2.05) is 0 Å². The third-order valence-corrected chi connectivity index (χ3v) is 3.86. The Morgan fingerprint density at radius 3 is 2.85 bits per heavy atom. The maximum Gasteiger partial charge on any atom is 0.260 e. The number of nitrogen functional groups attached to an aromatic ring is 1. The molecule has 2 N–H and O–H groups in total. The molecule has 1 aromatic carbocycles. The smallest absolute Gasteiger partial charge is 0.260 e. The van der Waals surface area contributed by atoms with Crippen molar-refractivity contribution in [2.75, 3.05) is 23.8 Å². The summed E-state index contributed by atoms with van der Waals surface area (Å²) in [5.41, 5.74) is 5.85. The Morgan fingerprint density at radius 1 is 1.30 bits per heavy atom. The van der Waals surface area contributed by atoms with Crippen LogP contribution in [0, 0.1) is 11.6 Å². The van der Waals surface area contributed by atoms with Crippen molar-refractivity contribution < 1.29 is 18.0 Å². The van der Waals surface area contributed by atoms with Crippen LogP contribution < -0.4 is 5.73 Å². The second kappa shape index (κ2) is 5.37. The van der Waals surface area contributed by atoms with E-state index < -0.39 is 11.6 Å². The van der Waals surface area contributed by atoms with Crippen LogP contribution in [0.1, 0.15) is 11.9 Å². The number of ether oxygens (including phenoxy) is 1. The number of thioether (sulfide) groups is 1. The summed E-state index contributed by atoms with van der Waals surface area (Å²) in [5, 5.41) is 3.81. The Bertz CT molecular complexity index is 629. The monoisotopic (exact) mass is 299 g/mol. The molecule has 2 heterocycles. The molecule has 0 bridgehead atoms. The quantitative estimate of drug-likeness (QED) is 0.858. The van der Waals surface area contributed by atoms with Crippen molar-refractivity contribution in [2.24, 2.45) is 0 Å². The summed E-state index contributed by atoms with van der Waals surface area (Å²) in [7, 11) is 0. The molecular formula is C12H11F2N3O2S. The fraction of sp³-hybridized carbons (Fsp3) is 0.333. The third-order valence-electron chi connectivity index (χ3n) is 2.87. The molecule has 106 valence electrons. The number of nitrogens with two attached hydrogens (primary N) is 1. The Morgan fingerprint density at radius 2 is 2.10 bits per heavy atom. The summed E-state index contributed by atoms with van der Waals surface area (Å²) in [6.45, 7) is 0.618. The van der Waals surface area contributed by atoms with Crippen molar-refractivity contribution in [3.8, 4) is 11.5 Å². The van der Waals surface area contributed by atoms with E-state index in [0.29, 0.717) is 12.4 Å². The molecule has 0 spiro atoms. The number of benzene rings is 1. The van der Waals surface area contributed by atoms with Crippen LogP contribution in [0.2, 0.25) is 0 Å². The molecule has 0 aliphatic carbocycles. The van der Waals surface area contributed by atoms with Gasteiger partial charge in [-0.15, -0.1) is 0 Å². The van der Waals surface area contributed by atoms with Crippen LogP contribution >= 0.6 is 11.8 Å². The van der Waals surface area contributed by atoms with Crippen molar-refractivity contribution in [3.05, 3.63) is 29.6 Å². The summed E-state index contributed by atoms with van der Waals surface area (Å²) in [6, 6.07) is 1.83. The largest absolute Gasteiger partial charge is 0.398 e. The molecule has 3 rings (SSSR count). The minimum absolute atomic E-state index is 0.0398. The van der Waals surface area contributed by atoms with Crippen molar-refractivity contribution in [1.29, 1.82) is 0 Å². The maximum atomic E-state index is 13.3. The zero-order valence-electron chi connectivity index (χ0n) is 10.3. The highest BCUT2D eigenvalue weighted by molar-refractivity contribution is 7.99. The van der Waals surface area contributed by atoms with Crippen molar-refractivity contribution in [3.63, 3.8) is 0 Å². The lowest BCUT2D eigenvalue weighted by molar-refractivity contribution is 0.0677. The first-order chi connectivity index (χ1) is 9.65. The van der Waals surface area contributed by atoms with Gasteiger partial charge in [0.1, 0.15) is 6.10 Å². The van der Waals surface area contributed by atoms with Crippen LogP contribution in [0.3, 0.4) is 0 Å². The standard InChI is InChI=1S/C12H11F2N3O2S/c13-7-3-6(9(15)4-8(7)14)12-16-11(17-19-12)10-5-20-2-1-18-10/h3-4,10H,1-2,5,15H2. The normalized spacial score (nSPS) is 19.2. The molecule has 1 aliphatic heterocycles. The molecule has 20 heavy (non-hydrogen) atoms. The summed E-state index contributed by atoms with van der Waals surface area (Å²) >= 11 is 1.73. The molecule has 1 aromatic heterocycles. The highest BCUT2D eigenvalue weighted by Gasteiger charge is 2.23. The molecule has 0 saturated carbocycles. The first-order valence-electron chi connectivity index (χ1n) is 5.93. The Kier molecular flexibility index (Phi) is 3.58. The number of halogens is 2. The Hall–Kier alpha value is -1.67. The molecule has 0 radical (unpaired) electrons. The van der Waals surface area contributed by atoms with Gasteiger partial charge in [-0.1, -0.05) is 5.16 Å². The third kappa shape index (κ3) is 2.48. The van der Waals surface area contributed by atoms with Crippen LogP contribution in [-0.4, -0.2) is 28.3 Å². The van der Waals surface area contributed by atoms with Gasteiger partial charge in [-0.3, -0.25) is 0 Å². The number of hydrogen-bond acceptors (Lipinski definition) is 6. The molecule has 1 fully saturated rings. The van der Waals surface area contributed by atoms with E-state index in [4.69, 9.17) is 15.0 Å². The topological polar surface area (TPSA) is 74.2 Å². The van der Waals surface area contributed by atoms with E-state index in [-0.39, 0.29) is 23.2 Å². The minimum Gasteiger partial charge on any atom is -0.398 e. The van der Waals surface area contributed by atoms with Gasteiger partial charge in [0.25, 0.3) is 5.89 Å². The van der Waals surface area contributed by atoms with E-state index in [2.05, 4.69) is 10.1 Å². The van der Waals surface area contributed by atoms with E-state index in [1.165, 1.54) is 0 Å². The molecule has 1 unspecified atom stereocenters. The van der Waals surface area contributed by atoms with Gasteiger partial charge < -0.3 is 15.0 Å². The van der Waals surface area contributed by atoms with Gasteiger partial charge >= 0.3 is 0 Å². The summed E-state index contributed by atoms with van der Waals surface area (Å²) < 4.78 is 36.9. The Balaban J connectivity index is 1.91. The van der Waals surface area contributed by atoms with Crippen LogP contribution in [0.15, 0.2) is 16.7 Å². The van der Waals surface area contributed by atoms with Crippen molar-refractivity contribution >= 4 is 17.4 Å². The van der Waals surface area contributed by atoms with Gasteiger partial charge in [-0.25, -0.2) is 8.78 Å². The highest BCUT2D eigenvalue weighted by Crippen LogP contribution is 2.30. The van der Waals surface area contributed by atoms with Crippen molar-refractivity contribution in [2.45, 2.75) is 6.10 Å². The maximum absolute atomic E-state index is 13.3. The SMILES string of the molecule is Nc1cc(F)c(F)cc1-c1nc(C2CSCCO2)no1. The second-order valence-electron chi connectivity index (χ2n) is 4.25. The number of hydrogen-bond donors (Lipinski definition) is 1. The van der Waals surface area contributed by atoms with Crippen molar-refractivity contribution in [1.82, 2.24) is 10.1 Å². The molecule has 1 saturated heterocycles. The van der Waals surface area contributed by atoms with Gasteiger partial charge in [0.15, 0.2) is 11.6 Å². The molecule has 2 aromatic rings. The van der Waals surface area contributed by atoms with Crippen LogP contribution in [0.5, 0.6) is 0 Å². The first-order valence-corrected chi connectivity index (χ1v) is 7.08. The fourth-order valence-corrected chi connectivity index (χ4v) is 2.70. The van der Waals surface area contributed by atoms with Gasteiger partial charge in [-0.2, -0.15) is 16.7 Å². The van der Waals surface area contributed by atoms with E-state index in [1.54, 1.807) is 11.8 Å². The lowest BCUT2D eigenvalue weighted by Crippen LogP contribution is -2.16. The number of nitrogens with zero attached hydrogens (tertiary/aromatic N) is 2. The summed E-state index contributed by atoms with van der Waals surface area (Å²) in [6.07, 6.45) is -0.252. The Labute approximate surface area is 117 Å². The number of rotatable bonds is 2. The zero-order chi connectivity index (χ0) is 14.1. The first kappa shape index (κ1) is 13.3. The van der Waals surface area contributed by atoms with Gasteiger partial charge in [0, 0.05) is 23.3 Å². The second-order valence-corrected chi connectivity index (χ2v) is 5.40. The molecular weight excluding hydrogens is 288 g/mol. The number of aromatic nitrogens is 2. The average molecular weight is 299 g/mol. The van der Waals surface area contributed by atoms with E-state index in [0.717, 1.165) is 23.6 Å². The van der Waals surface area contributed by atoms with Crippen LogP contribution in [0.4, 0.5) is 14.5 Å². The van der Waals surface area contributed by atoms with Gasteiger partial charge in [0.2, 0.25) is 5.82 Å². The molecule has 8 heteroatoms. The van der Waals surface area contributed by atoms with Crippen LogP contribution in [-0.2, 0) is 4.74 Å². The van der Waals surface area contributed by atoms with Gasteiger partial charge in [0.05, 0.1) is 12.2 Å². The minimum atomic E-state index is -1.02. The molecule has 1 atom stereocenters. The van der Waals surface area contributed by atoms with Gasteiger partial charge in [-0.05, 0) is 6.07 Å². The number of anilines is 1. The predicted octanol–water partition coefficient (Wildman–Crippen LogP) is 2.40. The predicted molar refractivity (Wildman–Crippen MR) is 70.1 cm³/mol. The zero-order valence-corrected chi connectivity index (χ0v) is 11.1. The summed E-state index contributed by atoms with van der Waals surface area (Å²) in [4.78, 5) is 4.15. The fourth-order valence-electron chi connectivity index (χ4n) is 1.86. The summed E-state index contributed by atoms with van der Waals surface area (Å²) in [5.74, 6) is 0.0622. The molecule has 1 aliphatic rings. The molecule has 5 nitrogen and oxygen atoms in total. The highest BCUT2D eigenvalue weighted by atomic mass is 32.2. The lowest BCUT2D eigenvalue weighted by atomic mass is 10.1. The van der Waals surface area contributed by atoms with E-state index >= 15 is 0 Å². The van der Waals surface area contributed by atoms with E-state index in [9.17, 15) is 8.78 Å². The van der Waals surface area contributed by atoms with Crippen LogP contribution in [0.25, 0.3) is 11.5 Å². The molecule has 0 amide bonds.